The van der Waals surface area contributed by atoms with Gasteiger partial charge in [-0.15, -0.1) is 0 Å². The minimum atomic E-state index is -0.301. The predicted molar refractivity (Wildman–Crippen MR) is 134 cm³/mol. The third kappa shape index (κ3) is 6.41. The highest BCUT2D eigenvalue weighted by Gasteiger charge is 2.37. The van der Waals surface area contributed by atoms with Gasteiger partial charge in [-0.3, -0.25) is 14.4 Å². The molecule has 2 aromatic rings. The molecule has 0 radical (unpaired) electrons. The van der Waals surface area contributed by atoms with Crippen LogP contribution in [-0.4, -0.2) is 72.3 Å². The van der Waals surface area contributed by atoms with Crippen LogP contribution in [0.2, 0.25) is 0 Å². The van der Waals surface area contributed by atoms with Crippen molar-refractivity contribution in [3.05, 3.63) is 65.2 Å². The Balaban J connectivity index is 1.25. The lowest BCUT2D eigenvalue weighted by Gasteiger charge is -2.25. The minimum Gasteiger partial charge on any atom is -0.497 e. The summed E-state index contributed by atoms with van der Waals surface area (Å²) in [5, 5.41) is 0. The molecule has 2 heterocycles. The van der Waals surface area contributed by atoms with E-state index in [1.54, 1.807) is 12.0 Å². The second-order valence-electron chi connectivity index (χ2n) is 9.57. The Morgan fingerprint density at radius 3 is 2.29 bits per heavy atom. The van der Waals surface area contributed by atoms with Gasteiger partial charge in [0.05, 0.1) is 13.0 Å². The maximum absolute atomic E-state index is 13.2. The van der Waals surface area contributed by atoms with Gasteiger partial charge < -0.3 is 19.4 Å². The molecule has 3 amide bonds. The first kappa shape index (κ1) is 24.8. The average molecular weight is 478 g/mol. The average Bonchev–Trinajstić information content (AvgIpc) is 3.07. The summed E-state index contributed by atoms with van der Waals surface area (Å²) in [5.41, 5.74) is 3.37. The van der Waals surface area contributed by atoms with Crippen molar-refractivity contribution in [2.75, 3.05) is 39.8 Å². The molecule has 1 unspecified atom stereocenters. The van der Waals surface area contributed by atoms with Crippen LogP contribution in [0.3, 0.4) is 0 Å². The van der Waals surface area contributed by atoms with Gasteiger partial charge in [-0.1, -0.05) is 42.0 Å². The summed E-state index contributed by atoms with van der Waals surface area (Å²) in [6.07, 6.45) is 2.16. The summed E-state index contributed by atoms with van der Waals surface area (Å²) in [6.45, 7) is 5.40. The highest BCUT2D eigenvalue weighted by molar-refractivity contribution is 5.89. The number of methoxy groups -OCH3 is 1. The van der Waals surface area contributed by atoms with E-state index in [9.17, 15) is 14.4 Å². The van der Waals surface area contributed by atoms with Crippen molar-refractivity contribution in [1.29, 1.82) is 0 Å². The second kappa shape index (κ2) is 11.4. The summed E-state index contributed by atoms with van der Waals surface area (Å²) in [7, 11) is 1.64. The van der Waals surface area contributed by atoms with Gasteiger partial charge in [-0.2, -0.15) is 0 Å². The number of likely N-dealkylation sites (tertiary alicyclic amines) is 1. The third-order valence-electron chi connectivity index (χ3n) is 7.00. The highest BCUT2D eigenvalue weighted by atomic mass is 16.5. The highest BCUT2D eigenvalue weighted by Crippen LogP contribution is 2.23. The Hall–Kier alpha value is -3.35. The molecular formula is C28H35N3O4. The molecule has 4 rings (SSSR count). The molecule has 186 valence electrons. The van der Waals surface area contributed by atoms with Crippen LogP contribution in [-0.2, 0) is 27.3 Å². The molecule has 2 saturated heterocycles. The van der Waals surface area contributed by atoms with Crippen LogP contribution in [0, 0.1) is 12.8 Å². The zero-order valence-corrected chi connectivity index (χ0v) is 20.7. The first-order valence-electron chi connectivity index (χ1n) is 12.5. The molecule has 7 heteroatoms. The summed E-state index contributed by atoms with van der Waals surface area (Å²) in [4.78, 5) is 44.1. The van der Waals surface area contributed by atoms with Crippen molar-refractivity contribution in [3.8, 4) is 5.75 Å². The zero-order chi connectivity index (χ0) is 24.8. The smallest absolute Gasteiger partial charge is 0.228 e. The number of amides is 3. The van der Waals surface area contributed by atoms with Crippen LogP contribution < -0.4 is 4.74 Å². The van der Waals surface area contributed by atoms with Crippen molar-refractivity contribution in [1.82, 2.24) is 14.7 Å². The fourth-order valence-corrected chi connectivity index (χ4v) is 4.85. The number of carbonyl (C=O) groups is 3. The van der Waals surface area contributed by atoms with Crippen molar-refractivity contribution >= 4 is 17.7 Å². The lowest BCUT2D eigenvalue weighted by atomic mass is 10.1. The normalized spacial score (nSPS) is 18.5. The van der Waals surface area contributed by atoms with Crippen molar-refractivity contribution in [3.63, 3.8) is 0 Å². The molecule has 2 aliphatic heterocycles. The van der Waals surface area contributed by atoms with Crippen molar-refractivity contribution < 1.29 is 19.1 Å². The number of rotatable bonds is 7. The van der Waals surface area contributed by atoms with E-state index < -0.39 is 0 Å². The lowest BCUT2D eigenvalue weighted by Crippen LogP contribution is -2.40. The van der Waals surface area contributed by atoms with Crippen LogP contribution in [0.5, 0.6) is 5.75 Å². The molecule has 7 nitrogen and oxygen atoms in total. The minimum absolute atomic E-state index is 0.0362. The first-order chi connectivity index (χ1) is 16.9. The zero-order valence-electron chi connectivity index (χ0n) is 20.7. The fourth-order valence-electron chi connectivity index (χ4n) is 4.85. The Labute approximate surface area is 207 Å². The van der Waals surface area contributed by atoms with Crippen LogP contribution in [0.15, 0.2) is 48.5 Å². The summed E-state index contributed by atoms with van der Waals surface area (Å²) in [6, 6.07) is 15.9. The van der Waals surface area contributed by atoms with Crippen LogP contribution >= 0.6 is 0 Å². The van der Waals surface area contributed by atoms with Gasteiger partial charge in [0.15, 0.2) is 0 Å². The Morgan fingerprint density at radius 1 is 0.914 bits per heavy atom. The number of hydrogen-bond acceptors (Lipinski definition) is 4. The van der Waals surface area contributed by atoms with E-state index in [0.717, 1.165) is 23.3 Å². The lowest BCUT2D eigenvalue weighted by molar-refractivity contribution is -0.136. The number of ether oxygens (including phenoxy) is 1. The van der Waals surface area contributed by atoms with Gasteiger partial charge in [0.25, 0.3) is 0 Å². The van der Waals surface area contributed by atoms with E-state index in [-0.39, 0.29) is 30.1 Å². The van der Waals surface area contributed by atoms with Crippen LogP contribution in [0.4, 0.5) is 0 Å². The summed E-state index contributed by atoms with van der Waals surface area (Å²) >= 11 is 0. The number of aryl methyl sites for hydroxylation is 2. The Bertz CT molecular complexity index is 1040. The van der Waals surface area contributed by atoms with E-state index in [4.69, 9.17) is 4.74 Å². The molecule has 0 spiro atoms. The molecule has 0 bridgehead atoms. The molecular weight excluding hydrogens is 442 g/mol. The number of nitrogens with zero attached hydrogens (tertiary/aromatic N) is 3. The predicted octanol–water partition coefficient (Wildman–Crippen LogP) is 3.05. The molecule has 35 heavy (non-hydrogen) atoms. The first-order valence-corrected chi connectivity index (χ1v) is 12.5. The van der Waals surface area contributed by atoms with Gasteiger partial charge in [0, 0.05) is 52.1 Å². The topological polar surface area (TPSA) is 70.2 Å². The molecule has 2 fully saturated rings. The van der Waals surface area contributed by atoms with Gasteiger partial charge in [0.2, 0.25) is 17.7 Å². The maximum atomic E-state index is 13.2. The molecule has 2 aliphatic rings. The Morgan fingerprint density at radius 2 is 1.57 bits per heavy atom. The molecule has 0 saturated carbocycles. The summed E-state index contributed by atoms with van der Waals surface area (Å²) < 4.78 is 5.18. The number of carbonyl (C=O) groups excluding carboxylic acids is 3. The standard InChI is InChI=1S/C28H35N3O4/c1-21-4-6-23(7-5-21)19-31-20-24(18-27(31)33)28(34)30-15-3-14-29(16-17-30)26(32)13-10-22-8-11-25(35-2)12-9-22/h4-9,11-12,24H,3,10,13-20H2,1-2H3. The molecule has 1 atom stereocenters. The van der Waals surface area contributed by atoms with E-state index in [2.05, 4.69) is 0 Å². The fraction of sp³-hybridized carbons (Fsp3) is 0.464. The van der Waals surface area contributed by atoms with Crippen LogP contribution in [0.25, 0.3) is 0 Å². The summed E-state index contributed by atoms with van der Waals surface area (Å²) in [5.74, 6) is 0.701. The molecule has 0 aromatic heterocycles. The van der Waals surface area contributed by atoms with E-state index in [1.165, 1.54) is 5.56 Å². The second-order valence-corrected chi connectivity index (χ2v) is 9.57. The van der Waals surface area contributed by atoms with Crippen LogP contribution in [0.1, 0.15) is 36.0 Å². The van der Waals surface area contributed by atoms with Gasteiger partial charge in [-0.25, -0.2) is 0 Å². The van der Waals surface area contributed by atoms with E-state index >= 15 is 0 Å². The quantitative estimate of drug-likeness (QED) is 0.615. The molecule has 2 aromatic carbocycles. The van der Waals surface area contributed by atoms with Gasteiger partial charge >= 0.3 is 0 Å². The third-order valence-corrected chi connectivity index (χ3v) is 7.00. The number of hydrogen-bond donors (Lipinski definition) is 0. The Kier molecular flexibility index (Phi) is 8.06. The van der Waals surface area contributed by atoms with E-state index in [1.807, 2.05) is 65.3 Å². The monoisotopic (exact) mass is 477 g/mol. The largest absolute Gasteiger partial charge is 0.497 e. The van der Waals surface area contributed by atoms with Crippen molar-refractivity contribution in [2.24, 2.45) is 5.92 Å². The molecule has 0 aliphatic carbocycles. The SMILES string of the molecule is COc1ccc(CCC(=O)N2CCCN(C(=O)C3CC(=O)N(Cc4ccc(C)cc4)C3)CC2)cc1. The van der Waals surface area contributed by atoms with Crippen molar-refractivity contribution in [2.45, 2.75) is 39.2 Å². The number of benzene rings is 2. The van der Waals surface area contributed by atoms with E-state index in [0.29, 0.717) is 52.1 Å². The maximum Gasteiger partial charge on any atom is 0.228 e. The molecule has 0 N–H and O–H groups in total. The van der Waals surface area contributed by atoms with Gasteiger partial charge in [-0.05, 0) is 43.0 Å². The van der Waals surface area contributed by atoms with Gasteiger partial charge in [0.1, 0.15) is 5.75 Å².